The van der Waals surface area contributed by atoms with Crippen LogP contribution in [0.15, 0.2) is 64.8 Å². The van der Waals surface area contributed by atoms with E-state index in [9.17, 15) is 9.59 Å². The van der Waals surface area contributed by atoms with Crippen LogP contribution in [0.2, 0.25) is 0 Å². The number of carbonyl (C=O) groups excluding carboxylic acids is 2. The maximum absolute atomic E-state index is 13.1. The van der Waals surface area contributed by atoms with Crippen molar-refractivity contribution in [3.05, 3.63) is 76.5 Å². The van der Waals surface area contributed by atoms with Crippen LogP contribution in [0.5, 0.6) is 5.75 Å². The van der Waals surface area contributed by atoms with Gasteiger partial charge in [0.15, 0.2) is 0 Å². The Hall–Kier alpha value is -3.67. The number of rotatable bonds is 8. The number of hydrogen-bond donors (Lipinski definition) is 0. The lowest BCUT2D eigenvalue weighted by molar-refractivity contribution is -0.146. The van der Waals surface area contributed by atoms with Gasteiger partial charge in [-0.05, 0) is 56.5 Å². The number of hydrogen-bond acceptors (Lipinski definition) is 6. The van der Waals surface area contributed by atoms with Gasteiger partial charge in [0, 0.05) is 17.3 Å². The topological polar surface area (TPSA) is 74.2 Å². The van der Waals surface area contributed by atoms with Gasteiger partial charge >= 0.3 is 11.9 Å². The molecule has 34 heavy (non-hydrogen) atoms. The molecule has 0 bridgehead atoms. The van der Waals surface area contributed by atoms with Gasteiger partial charge in [-0.25, -0.2) is 4.79 Å². The van der Waals surface area contributed by atoms with Crippen LogP contribution in [-0.2, 0) is 19.1 Å². The molecule has 1 heterocycles. The number of methoxy groups -OCH3 is 1. The lowest BCUT2D eigenvalue weighted by Gasteiger charge is -2.32. The molecule has 0 amide bonds. The van der Waals surface area contributed by atoms with Gasteiger partial charge in [0.05, 0.1) is 25.9 Å². The monoisotopic (exact) mass is 461 g/mol. The first-order valence-corrected chi connectivity index (χ1v) is 11.4. The highest BCUT2D eigenvalue weighted by Crippen LogP contribution is 2.41. The number of allylic oxidation sites excluding steroid dienone is 1. The van der Waals surface area contributed by atoms with Crippen LogP contribution in [-0.4, -0.2) is 38.0 Å². The summed E-state index contributed by atoms with van der Waals surface area (Å²) >= 11 is 0. The number of ether oxygens (including phenoxy) is 3. The van der Waals surface area contributed by atoms with Gasteiger partial charge in [-0.15, -0.1) is 0 Å². The number of benzene rings is 2. The minimum absolute atomic E-state index is 0.230. The zero-order valence-corrected chi connectivity index (χ0v) is 20.3. The first kappa shape index (κ1) is 25.0. The summed E-state index contributed by atoms with van der Waals surface area (Å²) in [4.78, 5) is 30.6. The fourth-order valence-corrected chi connectivity index (χ4v) is 4.23. The standard InChI is InChI=1S/C28H31NO5/c1-6-33-27(30)24-18(3)29-19(4)25(28(31)34-7-2)26(24)23-11-9-8-10-21(23)15-12-20-13-16-22(32-5)17-14-20/h8-17,24,26H,6-7H2,1-5H3. The Labute approximate surface area is 201 Å². The second kappa shape index (κ2) is 11.5. The summed E-state index contributed by atoms with van der Waals surface area (Å²) in [6.07, 6.45) is 3.97. The fourth-order valence-electron chi connectivity index (χ4n) is 4.23. The summed E-state index contributed by atoms with van der Waals surface area (Å²) in [6.45, 7) is 7.57. The van der Waals surface area contributed by atoms with Gasteiger partial charge < -0.3 is 14.2 Å². The first-order valence-electron chi connectivity index (χ1n) is 11.4. The molecule has 2 aromatic rings. The summed E-state index contributed by atoms with van der Waals surface area (Å²) in [7, 11) is 1.63. The minimum Gasteiger partial charge on any atom is -0.497 e. The van der Waals surface area contributed by atoms with E-state index in [-0.39, 0.29) is 13.2 Å². The van der Waals surface area contributed by atoms with Crippen molar-refractivity contribution in [2.24, 2.45) is 10.9 Å². The molecule has 1 aliphatic heterocycles. The van der Waals surface area contributed by atoms with Crippen molar-refractivity contribution in [1.29, 1.82) is 0 Å². The van der Waals surface area contributed by atoms with Crippen molar-refractivity contribution >= 4 is 29.8 Å². The van der Waals surface area contributed by atoms with Crippen molar-refractivity contribution in [3.8, 4) is 5.75 Å². The van der Waals surface area contributed by atoms with E-state index in [0.717, 1.165) is 22.4 Å². The van der Waals surface area contributed by atoms with Crippen LogP contribution < -0.4 is 4.74 Å². The average molecular weight is 462 g/mol. The van der Waals surface area contributed by atoms with Gasteiger partial charge in [-0.2, -0.15) is 0 Å². The van der Waals surface area contributed by atoms with Crippen molar-refractivity contribution in [2.45, 2.75) is 33.6 Å². The van der Waals surface area contributed by atoms with Gasteiger partial charge in [-0.1, -0.05) is 48.6 Å². The van der Waals surface area contributed by atoms with Crippen LogP contribution in [0.25, 0.3) is 12.2 Å². The highest BCUT2D eigenvalue weighted by Gasteiger charge is 2.42. The lowest BCUT2D eigenvalue weighted by Crippen LogP contribution is -2.36. The fraction of sp³-hybridized carbons (Fsp3) is 0.321. The number of aliphatic imine (C=N–C) groups is 1. The Morgan fingerprint density at radius 1 is 0.941 bits per heavy atom. The molecule has 6 heteroatoms. The van der Waals surface area contributed by atoms with Crippen LogP contribution >= 0.6 is 0 Å². The molecule has 0 aliphatic carbocycles. The SMILES string of the molecule is CCOC(=O)C1=C(C)N=C(C)C(C(=O)OCC)C1c1ccccc1C=Cc1ccc(OC)cc1. The van der Waals surface area contributed by atoms with Gasteiger partial charge in [0.25, 0.3) is 0 Å². The highest BCUT2D eigenvalue weighted by molar-refractivity contribution is 6.07. The largest absolute Gasteiger partial charge is 0.497 e. The third-order valence-corrected chi connectivity index (χ3v) is 5.77. The molecule has 0 N–H and O–H groups in total. The molecule has 0 aromatic heterocycles. The highest BCUT2D eigenvalue weighted by atomic mass is 16.5. The van der Waals surface area contributed by atoms with E-state index in [4.69, 9.17) is 14.2 Å². The quantitative estimate of drug-likeness (QED) is 0.387. The van der Waals surface area contributed by atoms with Gasteiger partial charge in [0.1, 0.15) is 11.7 Å². The van der Waals surface area contributed by atoms with Crippen molar-refractivity contribution in [2.75, 3.05) is 20.3 Å². The molecule has 0 radical (unpaired) electrons. The Morgan fingerprint density at radius 2 is 1.62 bits per heavy atom. The predicted octanol–water partition coefficient (Wildman–Crippen LogP) is 5.44. The Balaban J connectivity index is 2.12. The zero-order chi connectivity index (χ0) is 24.7. The molecule has 0 saturated carbocycles. The lowest BCUT2D eigenvalue weighted by atomic mass is 9.74. The van der Waals surface area contributed by atoms with Crippen LogP contribution in [0.3, 0.4) is 0 Å². The molecule has 0 spiro atoms. The Morgan fingerprint density at radius 3 is 2.26 bits per heavy atom. The average Bonchev–Trinajstić information content (AvgIpc) is 2.83. The van der Waals surface area contributed by atoms with E-state index in [1.54, 1.807) is 34.8 Å². The van der Waals surface area contributed by atoms with Crippen LogP contribution in [0.1, 0.15) is 50.3 Å². The van der Waals surface area contributed by atoms with Crippen molar-refractivity contribution in [1.82, 2.24) is 0 Å². The maximum atomic E-state index is 13.1. The van der Waals surface area contributed by atoms with E-state index in [1.807, 2.05) is 60.7 Å². The van der Waals surface area contributed by atoms with Crippen molar-refractivity contribution in [3.63, 3.8) is 0 Å². The molecule has 6 nitrogen and oxygen atoms in total. The van der Waals surface area contributed by atoms with E-state index >= 15 is 0 Å². The summed E-state index contributed by atoms with van der Waals surface area (Å²) in [5.74, 6) is -1.39. The third-order valence-electron chi connectivity index (χ3n) is 5.77. The molecule has 178 valence electrons. The zero-order valence-electron chi connectivity index (χ0n) is 20.3. The molecular formula is C28H31NO5. The number of esters is 2. The number of carbonyl (C=O) groups is 2. The first-order chi connectivity index (χ1) is 16.4. The van der Waals surface area contributed by atoms with Gasteiger partial charge in [0.2, 0.25) is 0 Å². The van der Waals surface area contributed by atoms with E-state index < -0.39 is 23.8 Å². The van der Waals surface area contributed by atoms with Crippen LogP contribution in [0.4, 0.5) is 0 Å². The molecule has 0 fully saturated rings. The smallest absolute Gasteiger partial charge is 0.336 e. The molecule has 2 aromatic carbocycles. The molecule has 2 unspecified atom stereocenters. The molecule has 1 aliphatic rings. The van der Waals surface area contributed by atoms with E-state index in [2.05, 4.69) is 4.99 Å². The summed E-state index contributed by atoms with van der Waals surface area (Å²) in [5.41, 5.74) is 4.27. The Bertz CT molecular complexity index is 1130. The van der Waals surface area contributed by atoms with E-state index in [0.29, 0.717) is 17.0 Å². The summed E-state index contributed by atoms with van der Waals surface area (Å²) in [6, 6.07) is 15.5. The molecule has 0 saturated heterocycles. The maximum Gasteiger partial charge on any atom is 0.336 e. The normalized spacial score (nSPS) is 18.0. The Kier molecular flexibility index (Phi) is 8.41. The molecule has 3 rings (SSSR count). The number of nitrogens with zero attached hydrogens (tertiary/aromatic N) is 1. The van der Waals surface area contributed by atoms with Crippen molar-refractivity contribution < 1.29 is 23.8 Å². The molecule has 2 atom stereocenters. The summed E-state index contributed by atoms with van der Waals surface area (Å²) in [5, 5.41) is 0. The van der Waals surface area contributed by atoms with Crippen LogP contribution in [0, 0.1) is 5.92 Å². The minimum atomic E-state index is -0.724. The van der Waals surface area contributed by atoms with Gasteiger partial charge in [-0.3, -0.25) is 9.79 Å². The summed E-state index contributed by atoms with van der Waals surface area (Å²) < 4.78 is 16.0. The second-order valence-corrected chi connectivity index (χ2v) is 7.92. The second-order valence-electron chi connectivity index (χ2n) is 7.92. The van der Waals surface area contributed by atoms with E-state index in [1.165, 1.54) is 0 Å². The molecular weight excluding hydrogens is 430 g/mol. The predicted molar refractivity (Wildman–Crippen MR) is 134 cm³/mol. The third kappa shape index (κ3) is 5.45.